The predicted molar refractivity (Wildman–Crippen MR) is 125 cm³/mol. The van der Waals surface area contributed by atoms with Crippen molar-refractivity contribution in [2.75, 3.05) is 5.75 Å². The molecule has 0 saturated carbocycles. The molecule has 5 heteroatoms. The van der Waals surface area contributed by atoms with Crippen LogP contribution in [0.15, 0.2) is 0 Å². The van der Waals surface area contributed by atoms with Crippen LogP contribution in [-0.4, -0.2) is 29.9 Å². The minimum Gasteiger partial charge on any atom is -0.393 e. The van der Waals surface area contributed by atoms with E-state index >= 15 is 0 Å². The number of rotatable bonds is 23. The molecule has 0 amide bonds. The fourth-order valence-electron chi connectivity index (χ4n) is 3.91. The number of hydrogen-bond donors (Lipinski definition) is 2. The van der Waals surface area contributed by atoms with Gasteiger partial charge in [0.1, 0.15) is 0 Å². The van der Waals surface area contributed by atoms with Crippen molar-refractivity contribution in [1.29, 1.82) is 0 Å². The van der Waals surface area contributed by atoms with E-state index in [1.54, 1.807) is 0 Å². The second kappa shape index (κ2) is 21.1. The number of unbranched alkanes of at least 4 members (excludes halogenated alkanes) is 17. The van der Waals surface area contributed by atoms with E-state index in [1.165, 1.54) is 103 Å². The molecule has 0 fully saturated rings. The molecular weight excluding hydrogens is 384 g/mol. The van der Waals surface area contributed by atoms with Crippen LogP contribution in [0, 0.1) is 0 Å². The molecule has 0 aliphatic carbocycles. The van der Waals surface area contributed by atoms with Gasteiger partial charge in [0, 0.05) is 0 Å². The molecule has 0 aromatic carbocycles. The molecule has 1 atom stereocenters. The Balaban J connectivity index is 3.17. The summed E-state index contributed by atoms with van der Waals surface area (Å²) in [4.78, 5) is 0. The van der Waals surface area contributed by atoms with Gasteiger partial charge in [-0.25, -0.2) is 0 Å². The van der Waals surface area contributed by atoms with Crippen molar-refractivity contribution in [3.63, 3.8) is 0 Å². The van der Waals surface area contributed by atoms with E-state index in [2.05, 4.69) is 6.92 Å². The van der Waals surface area contributed by atoms with E-state index in [-0.39, 0.29) is 11.9 Å². The van der Waals surface area contributed by atoms with Crippen LogP contribution in [0.25, 0.3) is 0 Å². The topological polar surface area (TPSA) is 74.6 Å². The highest BCUT2D eigenvalue weighted by Crippen LogP contribution is 2.15. The summed E-state index contributed by atoms with van der Waals surface area (Å²) >= 11 is 0. The van der Waals surface area contributed by atoms with Gasteiger partial charge in [-0.2, -0.15) is 8.42 Å². The molecule has 1 unspecified atom stereocenters. The summed E-state index contributed by atoms with van der Waals surface area (Å²) in [6.07, 6.45) is 24.9. The van der Waals surface area contributed by atoms with Gasteiger partial charge in [0.2, 0.25) is 0 Å². The maximum atomic E-state index is 10.6. The van der Waals surface area contributed by atoms with Gasteiger partial charge in [-0.3, -0.25) is 4.55 Å². The van der Waals surface area contributed by atoms with Gasteiger partial charge in [-0.15, -0.1) is 0 Å². The summed E-state index contributed by atoms with van der Waals surface area (Å²) in [6, 6.07) is 0. The summed E-state index contributed by atoms with van der Waals surface area (Å²) in [6.45, 7) is 2.25. The van der Waals surface area contributed by atoms with Gasteiger partial charge < -0.3 is 5.11 Å². The smallest absolute Gasteiger partial charge is 0.264 e. The fraction of sp³-hybridized carbons (Fsp3) is 1.00. The molecule has 0 bridgehead atoms. The monoisotopic (exact) mass is 434 g/mol. The Morgan fingerprint density at radius 2 is 0.862 bits per heavy atom. The summed E-state index contributed by atoms with van der Waals surface area (Å²) in [5.74, 6) is -0.0941. The molecule has 0 heterocycles. The second-order valence-electron chi connectivity index (χ2n) is 8.88. The van der Waals surface area contributed by atoms with Gasteiger partial charge in [0.15, 0.2) is 0 Å². The second-order valence-corrected chi connectivity index (χ2v) is 10.5. The van der Waals surface area contributed by atoms with Crippen LogP contribution in [0.5, 0.6) is 0 Å². The lowest BCUT2D eigenvalue weighted by Crippen LogP contribution is -2.05. The Morgan fingerprint density at radius 3 is 1.21 bits per heavy atom. The van der Waals surface area contributed by atoms with Gasteiger partial charge in [0.25, 0.3) is 10.1 Å². The standard InChI is InChI=1S/C24H50O4S/c1-2-3-4-5-12-15-18-21-24(25)22-19-16-13-10-8-6-7-9-11-14-17-20-23-29(26,27)28/h24-25H,2-23H2,1H3,(H,26,27,28). The van der Waals surface area contributed by atoms with E-state index in [4.69, 9.17) is 4.55 Å². The van der Waals surface area contributed by atoms with Crippen LogP contribution in [-0.2, 0) is 10.1 Å². The average Bonchev–Trinajstić information content (AvgIpc) is 2.66. The van der Waals surface area contributed by atoms with Crippen molar-refractivity contribution in [3.8, 4) is 0 Å². The van der Waals surface area contributed by atoms with Crippen molar-refractivity contribution in [3.05, 3.63) is 0 Å². The van der Waals surface area contributed by atoms with Crippen molar-refractivity contribution >= 4 is 10.1 Å². The third-order valence-corrected chi connectivity index (χ3v) is 6.64. The Labute approximate surface area is 182 Å². The fourth-order valence-corrected chi connectivity index (χ4v) is 4.48. The maximum absolute atomic E-state index is 10.6. The molecule has 176 valence electrons. The lowest BCUT2D eigenvalue weighted by Gasteiger charge is -2.10. The van der Waals surface area contributed by atoms with E-state index < -0.39 is 10.1 Å². The Morgan fingerprint density at radius 1 is 0.552 bits per heavy atom. The molecule has 4 nitrogen and oxygen atoms in total. The zero-order valence-corrected chi connectivity index (χ0v) is 20.1. The average molecular weight is 435 g/mol. The molecule has 0 rings (SSSR count). The highest BCUT2D eigenvalue weighted by molar-refractivity contribution is 7.85. The quantitative estimate of drug-likeness (QED) is 0.129. The molecule has 0 aromatic rings. The van der Waals surface area contributed by atoms with Gasteiger partial charge in [0.05, 0.1) is 11.9 Å². The van der Waals surface area contributed by atoms with Crippen LogP contribution < -0.4 is 0 Å². The van der Waals surface area contributed by atoms with E-state index in [9.17, 15) is 13.5 Å². The first-order valence-electron chi connectivity index (χ1n) is 12.6. The first-order valence-corrected chi connectivity index (χ1v) is 14.2. The van der Waals surface area contributed by atoms with Crippen LogP contribution in [0.4, 0.5) is 0 Å². The summed E-state index contributed by atoms with van der Waals surface area (Å²) in [5.41, 5.74) is 0. The van der Waals surface area contributed by atoms with Gasteiger partial charge in [-0.1, -0.05) is 122 Å². The molecule has 0 aromatic heterocycles. The summed E-state index contributed by atoms with van der Waals surface area (Å²) in [5, 5.41) is 10.1. The minimum atomic E-state index is -3.77. The van der Waals surface area contributed by atoms with Crippen LogP contribution in [0.2, 0.25) is 0 Å². The molecule has 0 aliphatic rings. The Bertz CT molecular complexity index is 423. The van der Waals surface area contributed by atoms with Gasteiger partial charge in [-0.05, 0) is 19.3 Å². The Kier molecular flexibility index (Phi) is 21.0. The third-order valence-electron chi connectivity index (χ3n) is 5.83. The van der Waals surface area contributed by atoms with Crippen molar-refractivity contribution in [2.45, 2.75) is 148 Å². The van der Waals surface area contributed by atoms with Crippen molar-refractivity contribution in [1.82, 2.24) is 0 Å². The van der Waals surface area contributed by atoms with Crippen molar-refractivity contribution in [2.24, 2.45) is 0 Å². The van der Waals surface area contributed by atoms with E-state index in [1.807, 2.05) is 0 Å². The first-order chi connectivity index (χ1) is 14.0. The Hall–Kier alpha value is -0.130. The highest BCUT2D eigenvalue weighted by Gasteiger charge is 2.04. The molecule has 0 aliphatic heterocycles. The lowest BCUT2D eigenvalue weighted by atomic mass is 10.0. The largest absolute Gasteiger partial charge is 0.393 e. The zero-order valence-electron chi connectivity index (χ0n) is 19.3. The first kappa shape index (κ1) is 28.9. The minimum absolute atomic E-state index is 0.0804. The third kappa shape index (κ3) is 25.8. The molecule has 29 heavy (non-hydrogen) atoms. The van der Waals surface area contributed by atoms with Crippen LogP contribution in [0.1, 0.15) is 142 Å². The van der Waals surface area contributed by atoms with E-state index in [0.717, 1.165) is 25.7 Å². The maximum Gasteiger partial charge on any atom is 0.264 e. The number of aliphatic hydroxyl groups excluding tert-OH is 1. The molecular formula is C24H50O4S. The number of aliphatic hydroxyl groups is 1. The molecule has 0 saturated heterocycles. The summed E-state index contributed by atoms with van der Waals surface area (Å²) < 4.78 is 29.9. The van der Waals surface area contributed by atoms with Crippen LogP contribution >= 0.6 is 0 Å². The van der Waals surface area contributed by atoms with Crippen molar-refractivity contribution < 1.29 is 18.1 Å². The highest BCUT2D eigenvalue weighted by atomic mass is 32.2. The molecule has 0 radical (unpaired) electrons. The lowest BCUT2D eigenvalue weighted by molar-refractivity contribution is 0.147. The summed E-state index contributed by atoms with van der Waals surface area (Å²) in [7, 11) is -3.77. The van der Waals surface area contributed by atoms with Crippen LogP contribution in [0.3, 0.4) is 0 Å². The molecule has 2 N–H and O–H groups in total. The predicted octanol–water partition coefficient (Wildman–Crippen LogP) is 7.45. The van der Waals surface area contributed by atoms with Gasteiger partial charge >= 0.3 is 0 Å². The number of hydrogen-bond acceptors (Lipinski definition) is 3. The van der Waals surface area contributed by atoms with E-state index in [0.29, 0.717) is 6.42 Å². The normalized spacial score (nSPS) is 13.1. The molecule has 0 spiro atoms. The zero-order chi connectivity index (χ0) is 21.6. The SMILES string of the molecule is CCCCCCCCCC(O)CCCCCCCCCCCCCCS(=O)(=O)O.